The molecule has 0 saturated carbocycles. The molecule has 0 radical (unpaired) electrons. The van der Waals surface area contributed by atoms with Gasteiger partial charge in [-0.2, -0.15) is 4.31 Å². The predicted molar refractivity (Wildman–Crippen MR) is 104 cm³/mol. The second-order valence-electron chi connectivity index (χ2n) is 6.96. The second kappa shape index (κ2) is 9.38. The summed E-state index contributed by atoms with van der Waals surface area (Å²) in [7, 11) is 0.687. The summed E-state index contributed by atoms with van der Waals surface area (Å²) >= 11 is 0. The Hall–Kier alpha value is -2.13. The molecule has 0 N–H and O–H groups in total. The minimum Gasteiger partial charge on any atom is -0.495 e. The maximum atomic E-state index is 13.1. The third-order valence-electron chi connectivity index (χ3n) is 4.65. The Kier molecular flexibility index (Phi) is 7.42. The molecule has 1 saturated heterocycles. The Morgan fingerprint density at radius 1 is 1.11 bits per heavy atom. The number of sulfonamides is 1. The molecule has 8 nitrogen and oxygen atoms in total. The fourth-order valence-corrected chi connectivity index (χ4v) is 4.77. The molecule has 1 amide bonds. The lowest BCUT2D eigenvalue weighted by atomic mass is 10.2. The number of rotatable bonds is 6. The van der Waals surface area contributed by atoms with Crippen molar-refractivity contribution in [2.24, 2.45) is 0 Å². The number of benzene rings is 1. The van der Waals surface area contributed by atoms with E-state index in [1.165, 1.54) is 41.4 Å². The van der Waals surface area contributed by atoms with E-state index in [9.17, 15) is 18.0 Å². The van der Waals surface area contributed by atoms with E-state index in [0.29, 0.717) is 13.1 Å². The zero-order chi connectivity index (χ0) is 20.9. The maximum Gasteiger partial charge on any atom is 0.338 e. The topological polar surface area (TPSA) is 93.2 Å². The Labute approximate surface area is 166 Å². The van der Waals surface area contributed by atoms with E-state index >= 15 is 0 Å². The first kappa shape index (κ1) is 22.2. The van der Waals surface area contributed by atoms with Crippen molar-refractivity contribution in [3.05, 3.63) is 23.8 Å². The number of esters is 1. The Morgan fingerprint density at radius 3 is 2.25 bits per heavy atom. The summed E-state index contributed by atoms with van der Waals surface area (Å²) < 4.78 is 38.1. The number of ether oxygens (including phenoxy) is 2. The van der Waals surface area contributed by atoms with Gasteiger partial charge in [0.05, 0.1) is 12.7 Å². The van der Waals surface area contributed by atoms with Crippen molar-refractivity contribution in [2.45, 2.75) is 43.6 Å². The molecule has 0 aliphatic carbocycles. The average molecular weight is 413 g/mol. The number of methoxy groups -OCH3 is 1. The SMILES string of the molecule is COc1ccc(C(=O)OC(C)C(=O)N(C)C)cc1S(=O)(=O)N1CCCCCC1. The smallest absolute Gasteiger partial charge is 0.338 e. The van der Waals surface area contributed by atoms with E-state index in [4.69, 9.17) is 9.47 Å². The Balaban J connectivity index is 2.32. The predicted octanol–water partition coefficient (Wildman–Crippen LogP) is 1.89. The molecule has 0 bridgehead atoms. The monoisotopic (exact) mass is 412 g/mol. The highest BCUT2D eigenvalue weighted by Gasteiger charge is 2.30. The summed E-state index contributed by atoms with van der Waals surface area (Å²) in [5.74, 6) is -0.963. The van der Waals surface area contributed by atoms with Crippen LogP contribution in [0, 0.1) is 0 Å². The van der Waals surface area contributed by atoms with E-state index in [1.54, 1.807) is 14.1 Å². The third kappa shape index (κ3) is 5.02. The first-order valence-corrected chi connectivity index (χ1v) is 10.7. The highest BCUT2D eigenvalue weighted by Crippen LogP contribution is 2.29. The van der Waals surface area contributed by atoms with Gasteiger partial charge in [0.15, 0.2) is 6.10 Å². The van der Waals surface area contributed by atoms with Crippen molar-refractivity contribution in [1.82, 2.24) is 9.21 Å². The highest BCUT2D eigenvalue weighted by molar-refractivity contribution is 7.89. The largest absolute Gasteiger partial charge is 0.495 e. The summed E-state index contributed by atoms with van der Waals surface area (Å²) in [6, 6.07) is 4.11. The first-order valence-electron chi connectivity index (χ1n) is 9.29. The van der Waals surface area contributed by atoms with Crippen LogP contribution in [0.3, 0.4) is 0 Å². The molecule has 2 rings (SSSR count). The van der Waals surface area contributed by atoms with Crippen molar-refractivity contribution in [2.75, 3.05) is 34.3 Å². The van der Waals surface area contributed by atoms with Crippen LogP contribution in [-0.2, 0) is 19.6 Å². The molecule has 1 aliphatic rings. The molecule has 9 heteroatoms. The van der Waals surface area contributed by atoms with E-state index in [1.807, 2.05) is 0 Å². The van der Waals surface area contributed by atoms with Gasteiger partial charge in [0.25, 0.3) is 5.91 Å². The van der Waals surface area contributed by atoms with Crippen molar-refractivity contribution < 1.29 is 27.5 Å². The van der Waals surface area contributed by atoms with E-state index < -0.39 is 22.1 Å². The average Bonchev–Trinajstić information content (AvgIpc) is 2.96. The fourth-order valence-electron chi connectivity index (χ4n) is 3.07. The summed E-state index contributed by atoms with van der Waals surface area (Å²) in [5.41, 5.74) is 0.0487. The van der Waals surface area contributed by atoms with Gasteiger partial charge in [-0.05, 0) is 38.0 Å². The first-order chi connectivity index (χ1) is 13.2. The minimum absolute atomic E-state index is 0.0487. The lowest BCUT2D eigenvalue weighted by Gasteiger charge is -2.22. The number of amides is 1. The number of hydrogen-bond donors (Lipinski definition) is 0. The zero-order valence-corrected chi connectivity index (χ0v) is 17.6. The summed E-state index contributed by atoms with van der Waals surface area (Å²) in [5, 5.41) is 0. The second-order valence-corrected chi connectivity index (χ2v) is 8.87. The van der Waals surface area contributed by atoms with Gasteiger partial charge in [-0.15, -0.1) is 0 Å². The normalized spacial score (nSPS) is 16.7. The standard InChI is InChI=1S/C19H28N2O6S/c1-14(18(22)20(2)3)27-19(23)15-9-10-16(26-4)17(13-15)28(24,25)21-11-7-5-6-8-12-21/h9-10,13-14H,5-8,11-12H2,1-4H3. The molecule has 0 aromatic heterocycles. The Bertz CT molecular complexity index is 814. The van der Waals surface area contributed by atoms with Crippen LogP contribution < -0.4 is 4.74 Å². The van der Waals surface area contributed by atoms with Crippen LogP contribution in [-0.4, -0.2) is 69.9 Å². The minimum atomic E-state index is -3.82. The van der Waals surface area contributed by atoms with Gasteiger partial charge in [-0.1, -0.05) is 12.8 Å². The molecule has 1 aromatic carbocycles. The lowest BCUT2D eigenvalue weighted by Crippen LogP contribution is -2.35. The molecule has 1 aliphatic heterocycles. The zero-order valence-electron chi connectivity index (χ0n) is 16.8. The summed E-state index contributed by atoms with van der Waals surface area (Å²) in [6.07, 6.45) is 2.61. The number of hydrogen-bond acceptors (Lipinski definition) is 6. The van der Waals surface area contributed by atoms with Crippen LogP contribution >= 0.6 is 0 Å². The van der Waals surface area contributed by atoms with Gasteiger partial charge in [0.2, 0.25) is 10.0 Å². The van der Waals surface area contributed by atoms with Gasteiger partial charge >= 0.3 is 5.97 Å². The summed E-state index contributed by atoms with van der Waals surface area (Å²) in [6.45, 7) is 2.35. The molecule has 156 valence electrons. The third-order valence-corrected chi connectivity index (χ3v) is 6.57. The number of nitrogens with zero attached hydrogens (tertiary/aromatic N) is 2. The van der Waals surface area contributed by atoms with Gasteiger partial charge in [0.1, 0.15) is 10.6 Å². The lowest BCUT2D eigenvalue weighted by molar-refractivity contribution is -0.137. The molecule has 1 aromatic rings. The van der Waals surface area contributed by atoms with Crippen LogP contribution in [0.5, 0.6) is 5.75 Å². The van der Waals surface area contributed by atoms with Gasteiger partial charge < -0.3 is 14.4 Å². The van der Waals surface area contributed by atoms with Crippen molar-refractivity contribution >= 4 is 21.9 Å². The Morgan fingerprint density at radius 2 is 1.71 bits per heavy atom. The molecular weight excluding hydrogens is 384 g/mol. The number of carbonyl (C=O) groups is 2. The van der Waals surface area contributed by atoms with E-state index in [2.05, 4.69) is 0 Å². The van der Waals surface area contributed by atoms with Crippen molar-refractivity contribution in [3.8, 4) is 5.75 Å². The van der Waals surface area contributed by atoms with Gasteiger partial charge in [-0.25, -0.2) is 13.2 Å². The summed E-state index contributed by atoms with van der Waals surface area (Å²) in [4.78, 5) is 25.6. The van der Waals surface area contributed by atoms with Gasteiger partial charge in [-0.3, -0.25) is 4.79 Å². The quantitative estimate of drug-likeness (QED) is 0.663. The van der Waals surface area contributed by atoms with E-state index in [0.717, 1.165) is 25.7 Å². The molecular formula is C19H28N2O6S. The van der Waals surface area contributed by atoms with Gasteiger partial charge in [0, 0.05) is 27.2 Å². The van der Waals surface area contributed by atoms with Crippen molar-refractivity contribution in [1.29, 1.82) is 0 Å². The molecule has 1 atom stereocenters. The maximum absolute atomic E-state index is 13.1. The van der Waals surface area contributed by atoms with E-state index in [-0.39, 0.29) is 22.1 Å². The molecule has 1 fully saturated rings. The molecule has 1 heterocycles. The number of carbonyl (C=O) groups excluding carboxylic acids is 2. The van der Waals surface area contributed by atoms with Crippen LogP contribution in [0.15, 0.2) is 23.1 Å². The van der Waals surface area contributed by atoms with Crippen LogP contribution in [0.2, 0.25) is 0 Å². The van der Waals surface area contributed by atoms with Crippen LogP contribution in [0.4, 0.5) is 0 Å². The highest BCUT2D eigenvalue weighted by atomic mass is 32.2. The fraction of sp³-hybridized carbons (Fsp3) is 0.579. The molecule has 28 heavy (non-hydrogen) atoms. The van der Waals surface area contributed by atoms with Crippen LogP contribution in [0.25, 0.3) is 0 Å². The van der Waals surface area contributed by atoms with Crippen molar-refractivity contribution in [3.63, 3.8) is 0 Å². The van der Waals surface area contributed by atoms with Crippen LogP contribution in [0.1, 0.15) is 43.0 Å². The number of likely N-dealkylation sites (N-methyl/N-ethyl adjacent to an activating group) is 1. The molecule has 1 unspecified atom stereocenters. The molecule has 0 spiro atoms.